The number of hydrogen-bond donors (Lipinski definition) is 2. The van der Waals surface area contributed by atoms with Crippen molar-refractivity contribution in [1.82, 2.24) is 0 Å². The third-order valence-electron chi connectivity index (χ3n) is 5.00. The number of benzene rings is 3. The zero-order chi connectivity index (χ0) is 25.2. The van der Waals surface area contributed by atoms with Crippen molar-refractivity contribution in [2.45, 2.75) is 19.8 Å². The Morgan fingerprint density at radius 1 is 0.800 bits per heavy atom. The highest BCUT2D eigenvalue weighted by atomic mass is 16.5. The predicted molar refractivity (Wildman–Crippen MR) is 133 cm³/mol. The first-order valence-corrected chi connectivity index (χ1v) is 11.1. The second kappa shape index (κ2) is 12.2. The van der Waals surface area contributed by atoms with Gasteiger partial charge in [-0.1, -0.05) is 38.1 Å². The number of nitrogens with one attached hydrogen (secondary N) is 2. The Labute approximate surface area is 204 Å². The first-order chi connectivity index (χ1) is 16.9. The molecule has 0 bridgehead atoms. The number of hydrogen-bond acceptors (Lipinski definition) is 6. The van der Waals surface area contributed by atoms with Gasteiger partial charge in [0.1, 0.15) is 11.5 Å². The Kier molecular flexibility index (Phi) is 8.83. The van der Waals surface area contributed by atoms with Gasteiger partial charge in [0.15, 0.2) is 13.2 Å². The van der Waals surface area contributed by atoms with Gasteiger partial charge in [0.2, 0.25) is 0 Å². The van der Waals surface area contributed by atoms with E-state index in [1.807, 2.05) is 38.1 Å². The molecule has 3 aromatic carbocycles. The molecule has 0 spiro atoms. The number of rotatable bonds is 10. The second-order valence-corrected chi connectivity index (χ2v) is 7.96. The van der Waals surface area contributed by atoms with Crippen molar-refractivity contribution in [3.05, 3.63) is 83.9 Å². The van der Waals surface area contributed by atoms with Crippen LogP contribution in [0.2, 0.25) is 0 Å². The Bertz CT molecular complexity index is 1170. The maximum Gasteiger partial charge on any atom is 0.338 e. The molecule has 0 aliphatic rings. The molecule has 35 heavy (non-hydrogen) atoms. The minimum Gasteiger partial charge on any atom is -0.497 e. The zero-order valence-corrected chi connectivity index (χ0v) is 19.9. The molecule has 0 unspecified atom stereocenters. The van der Waals surface area contributed by atoms with Crippen LogP contribution in [0.5, 0.6) is 11.5 Å². The molecule has 2 amide bonds. The van der Waals surface area contributed by atoms with E-state index in [9.17, 15) is 14.4 Å². The lowest BCUT2D eigenvalue weighted by Gasteiger charge is -2.13. The number of anilines is 2. The maximum atomic E-state index is 12.3. The number of methoxy groups -OCH3 is 1. The molecule has 2 N–H and O–H groups in total. The molecule has 182 valence electrons. The Morgan fingerprint density at radius 2 is 1.51 bits per heavy atom. The summed E-state index contributed by atoms with van der Waals surface area (Å²) in [6, 6.07) is 20.6. The van der Waals surface area contributed by atoms with Crippen LogP contribution >= 0.6 is 0 Å². The van der Waals surface area contributed by atoms with Crippen molar-refractivity contribution in [2.24, 2.45) is 0 Å². The van der Waals surface area contributed by atoms with E-state index >= 15 is 0 Å². The average Bonchev–Trinajstić information content (AvgIpc) is 2.86. The van der Waals surface area contributed by atoms with Gasteiger partial charge in [0.25, 0.3) is 11.8 Å². The Hall–Kier alpha value is -4.33. The van der Waals surface area contributed by atoms with Crippen LogP contribution in [0.4, 0.5) is 11.4 Å². The number of carbonyl (C=O) groups excluding carboxylic acids is 3. The fourth-order valence-corrected chi connectivity index (χ4v) is 3.25. The minimum absolute atomic E-state index is 0.209. The van der Waals surface area contributed by atoms with E-state index in [4.69, 9.17) is 14.2 Å². The highest BCUT2D eigenvalue weighted by molar-refractivity contribution is 5.96. The molecule has 8 heteroatoms. The summed E-state index contributed by atoms with van der Waals surface area (Å²) < 4.78 is 15.7. The molecule has 0 fully saturated rings. The Balaban J connectivity index is 1.45. The fraction of sp³-hybridized carbons (Fsp3) is 0.222. The van der Waals surface area contributed by atoms with Crippen LogP contribution in [-0.2, 0) is 14.3 Å². The number of esters is 1. The molecule has 0 atom stereocenters. The largest absolute Gasteiger partial charge is 0.497 e. The van der Waals surface area contributed by atoms with Crippen LogP contribution in [0.3, 0.4) is 0 Å². The first-order valence-electron chi connectivity index (χ1n) is 11.1. The normalized spacial score (nSPS) is 10.4. The monoisotopic (exact) mass is 476 g/mol. The number of amides is 2. The van der Waals surface area contributed by atoms with E-state index in [1.165, 1.54) is 12.1 Å². The third-order valence-corrected chi connectivity index (χ3v) is 5.00. The molecule has 0 aliphatic carbocycles. The number of para-hydroxylation sites is 1. The fourth-order valence-electron chi connectivity index (χ4n) is 3.25. The molecule has 0 radical (unpaired) electrons. The van der Waals surface area contributed by atoms with Gasteiger partial charge in [-0.15, -0.1) is 0 Å². The molecule has 3 rings (SSSR count). The lowest BCUT2D eigenvalue weighted by atomic mass is 10.0. The summed E-state index contributed by atoms with van der Waals surface area (Å²) in [6.45, 7) is 3.45. The highest BCUT2D eigenvalue weighted by Crippen LogP contribution is 2.23. The molecule has 0 saturated carbocycles. The molecule has 3 aromatic rings. The summed E-state index contributed by atoms with van der Waals surface area (Å²) in [5.74, 6) is -0.128. The van der Waals surface area contributed by atoms with Crippen molar-refractivity contribution in [3.8, 4) is 11.5 Å². The zero-order valence-electron chi connectivity index (χ0n) is 19.9. The van der Waals surface area contributed by atoms with E-state index in [0.717, 1.165) is 5.56 Å². The van der Waals surface area contributed by atoms with Gasteiger partial charge in [-0.3, -0.25) is 9.59 Å². The molecule has 0 saturated heterocycles. The average molecular weight is 477 g/mol. The van der Waals surface area contributed by atoms with E-state index < -0.39 is 18.5 Å². The third kappa shape index (κ3) is 7.60. The molecular formula is C27H28N2O6. The van der Waals surface area contributed by atoms with Crippen LogP contribution < -0.4 is 20.1 Å². The molecular weight excluding hydrogens is 448 g/mol. The Morgan fingerprint density at radius 3 is 2.23 bits per heavy atom. The van der Waals surface area contributed by atoms with Crippen LogP contribution in [0.15, 0.2) is 72.8 Å². The predicted octanol–water partition coefficient (Wildman–Crippen LogP) is 4.63. The molecule has 0 heterocycles. The lowest BCUT2D eigenvalue weighted by Crippen LogP contribution is -2.21. The smallest absolute Gasteiger partial charge is 0.338 e. The van der Waals surface area contributed by atoms with Crippen LogP contribution in [0.25, 0.3) is 0 Å². The van der Waals surface area contributed by atoms with Crippen molar-refractivity contribution >= 4 is 29.2 Å². The van der Waals surface area contributed by atoms with Gasteiger partial charge in [0, 0.05) is 17.4 Å². The first kappa shape index (κ1) is 25.3. The van der Waals surface area contributed by atoms with Crippen molar-refractivity contribution in [3.63, 3.8) is 0 Å². The van der Waals surface area contributed by atoms with E-state index in [2.05, 4.69) is 10.6 Å². The van der Waals surface area contributed by atoms with Gasteiger partial charge in [0.05, 0.1) is 12.7 Å². The van der Waals surface area contributed by atoms with Gasteiger partial charge < -0.3 is 24.8 Å². The van der Waals surface area contributed by atoms with Crippen molar-refractivity contribution in [2.75, 3.05) is 31.0 Å². The number of carbonyl (C=O) groups is 3. The van der Waals surface area contributed by atoms with E-state index in [-0.39, 0.29) is 24.0 Å². The summed E-state index contributed by atoms with van der Waals surface area (Å²) in [5.41, 5.74) is 2.54. The second-order valence-electron chi connectivity index (χ2n) is 7.96. The molecule has 0 aliphatic heterocycles. The van der Waals surface area contributed by atoms with Crippen molar-refractivity contribution < 1.29 is 28.6 Å². The summed E-state index contributed by atoms with van der Waals surface area (Å²) in [6.07, 6.45) is 0. The molecule has 8 nitrogen and oxygen atoms in total. The quantitative estimate of drug-likeness (QED) is 0.414. The van der Waals surface area contributed by atoms with Gasteiger partial charge in [-0.05, 0) is 53.9 Å². The van der Waals surface area contributed by atoms with Crippen molar-refractivity contribution in [1.29, 1.82) is 0 Å². The maximum absolute atomic E-state index is 12.3. The standard InChI is InChI=1S/C27H28N2O6/c1-18(2)23-9-4-5-10-24(23)29-26(31)17-35-27(32)19-11-13-21(14-12-19)34-16-25(30)28-20-7-6-8-22(15-20)33-3/h4-15,18H,16-17H2,1-3H3,(H,28,30)(H,29,31). The van der Waals surface area contributed by atoms with Crippen LogP contribution in [0.1, 0.15) is 35.7 Å². The van der Waals surface area contributed by atoms with E-state index in [0.29, 0.717) is 22.9 Å². The van der Waals surface area contributed by atoms with Gasteiger partial charge >= 0.3 is 5.97 Å². The van der Waals surface area contributed by atoms with Crippen LogP contribution in [0, 0.1) is 0 Å². The SMILES string of the molecule is COc1cccc(NC(=O)COc2ccc(C(=O)OCC(=O)Nc3ccccc3C(C)C)cc2)c1. The lowest BCUT2D eigenvalue weighted by molar-refractivity contribution is -0.119. The number of ether oxygens (including phenoxy) is 3. The summed E-state index contributed by atoms with van der Waals surface area (Å²) >= 11 is 0. The summed E-state index contributed by atoms with van der Waals surface area (Å²) in [4.78, 5) is 36.6. The molecule has 0 aromatic heterocycles. The van der Waals surface area contributed by atoms with Gasteiger partial charge in [-0.25, -0.2) is 4.79 Å². The highest BCUT2D eigenvalue weighted by Gasteiger charge is 2.13. The van der Waals surface area contributed by atoms with Crippen LogP contribution in [-0.4, -0.2) is 38.1 Å². The van der Waals surface area contributed by atoms with Gasteiger partial charge in [-0.2, -0.15) is 0 Å². The topological polar surface area (TPSA) is 103 Å². The minimum atomic E-state index is -0.639. The summed E-state index contributed by atoms with van der Waals surface area (Å²) in [7, 11) is 1.55. The van der Waals surface area contributed by atoms with E-state index in [1.54, 1.807) is 43.5 Å². The summed E-state index contributed by atoms with van der Waals surface area (Å²) in [5, 5.41) is 5.49.